The number of benzene rings is 1. The van der Waals surface area contributed by atoms with E-state index in [2.05, 4.69) is 22.6 Å². The quantitative estimate of drug-likeness (QED) is 0.803. The largest absolute Gasteiger partial charge is 0.337 e. The van der Waals surface area contributed by atoms with Crippen molar-refractivity contribution in [1.82, 2.24) is 15.1 Å². The van der Waals surface area contributed by atoms with E-state index in [9.17, 15) is 9.59 Å². The number of carbonyl (C=O) groups excluding carboxylic acids is 2. The third-order valence-corrected chi connectivity index (χ3v) is 5.83. The van der Waals surface area contributed by atoms with E-state index in [0.29, 0.717) is 17.9 Å². The maximum Gasteiger partial charge on any atom is 0.253 e. The molecule has 6 nitrogen and oxygen atoms in total. The molecule has 1 aromatic carbocycles. The van der Waals surface area contributed by atoms with Gasteiger partial charge in [0.05, 0.1) is 0 Å². The van der Waals surface area contributed by atoms with Gasteiger partial charge in [0.2, 0.25) is 5.91 Å². The zero-order valence-electron chi connectivity index (χ0n) is 16.5. The molecule has 2 aliphatic rings. The predicted molar refractivity (Wildman–Crippen MR) is 108 cm³/mol. The van der Waals surface area contributed by atoms with Crippen molar-refractivity contribution in [2.24, 2.45) is 5.92 Å². The van der Waals surface area contributed by atoms with Crippen molar-refractivity contribution >= 4 is 17.5 Å². The minimum atomic E-state index is 0.0434. The number of hydrogen-bond donors (Lipinski definition) is 2. The van der Waals surface area contributed by atoms with E-state index in [4.69, 9.17) is 0 Å². The summed E-state index contributed by atoms with van der Waals surface area (Å²) in [4.78, 5) is 29.0. The first-order valence-electron chi connectivity index (χ1n) is 10.1. The summed E-state index contributed by atoms with van der Waals surface area (Å²) in [6, 6.07) is 7.52. The van der Waals surface area contributed by atoms with E-state index in [1.165, 1.54) is 0 Å². The molecule has 2 unspecified atom stereocenters. The van der Waals surface area contributed by atoms with Crippen molar-refractivity contribution in [3.8, 4) is 0 Å². The number of anilines is 1. The number of amides is 2. The highest BCUT2D eigenvalue weighted by molar-refractivity contribution is 5.95. The van der Waals surface area contributed by atoms with Crippen molar-refractivity contribution < 1.29 is 9.59 Å². The van der Waals surface area contributed by atoms with Gasteiger partial charge in [-0.2, -0.15) is 0 Å². The number of hydrogen-bond acceptors (Lipinski definition) is 4. The van der Waals surface area contributed by atoms with Gasteiger partial charge in [0, 0.05) is 37.3 Å². The zero-order valence-corrected chi connectivity index (χ0v) is 16.5. The number of nitrogens with zero attached hydrogens (tertiary/aromatic N) is 2. The summed E-state index contributed by atoms with van der Waals surface area (Å²) in [5.41, 5.74) is 1.42. The van der Waals surface area contributed by atoms with Gasteiger partial charge >= 0.3 is 0 Å². The standard InChI is InChI=1S/C21H32N4O2/c1-24-13-3-4-19(15-24)25(2)21(27)17-6-8-18(9-7-17)23-20(26)10-5-16-11-12-22-14-16/h6-9,16,19,22H,3-5,10-15H2,1-2H3,(H,23,26). The summed E-state index contributed by atoms with van der Waals surface area (Å²) in [6.45, 7) is 4.11. The number of rotatable bonds is 6. The zero-order chi connectivity index (χ0) is 19.2. The van der Waals surface area contributed by atoms with Crippen LogP contribution in [0.5, 0.6) is 0 Å². The Kier molecular flexibility index (Phi) is 6.85. The minimum Gasteiger partial charge on any atom is -0.337 e. The van der Waals surface area contributed by atoms with Crippen LogP contribution in [-0.2, 0) is 4.79 Å². The summed E-state index contributed by atoms with van der Waals surface area (Å²) in [5.74, 6) is 0.704. The minimum absolute atomic E-state index is 0.0434. The molecule has 0 aliphatic carbocycles. The highest BCUT2D eigenvalue weighted by Crippen LogP contribution is 2.18. The van der Waals surface area contributed by atoms with E-state index in [0.717, 1.165) is 57.5 Å². The van der Waals surface area contributed by atoms with Gasteiger partial charge in [0.1, 0.15) is 0 Å². The molecule has 2 atom stereocenters. The Hall–Kier alpha value is -1.92. The first-order chi connectivity index (χ1) is 13.0. The fourth-order valence-electron chi connectivity index (χ4n) is 4.04. The third-order valence-electron chi connectivity index (χ3n) is 5.83. The smallest absolute Gasteiger partial charge is 0.253 e. The lowest BCUT2D eigenvalue weighted by Gasteiger charge is -2.35. The van der Waals surface area contributed by atoms with E-state index < -0.39 is 0 Å². The molecule has 0 aromatic heterocycles. The van der Waals surface area contributed by atoms with E-state index in [-0.39, 0.29) is 17.9 Å². The van der Waals surface area contributed by atoms with Crippen LogP contribution in [0.4, 0.5) is 5.69 Å². The maximum absolute atomic E-state index is 12.7. The Morgan fingerprint density at radius 3 is 2.70 bits per heavy atom. The normalized spacial score (nSPS) is 23.2. The molecule has 2 amide bonds. The van der Waals surface area contributed by atoms with Crippen molar-refractivity contribution in [2.75, 3.05) is 45.6 Å². The van der Waals surface area contributed by atoms with Crippen molar-refractivity contribution in [1.29, 1.82) is 0 Å². The van der Waals surface area contributed by atoms with Crippen molar-refractivity contribution in [3.63, 3.8) is 0 Å². The molecule has 6 heteroatoms. The van der Waals surface area contributed by atoms with Crippen LogP contribution in [0.3, 0.4) is 0 Å². The average Bonchev–Trinajstić information content (AvgIpc) is 3.19. The number of likely N-dealkylation sites (N-methyl/N-ethyl adjacent to an activating group) is 2. The van der Waals surface area contributed by atoms with Gasteiger partial charge in [0.25, 0.3) is 5.91 Å². The van der Waals surface area contributed by atoms with Gasteiger partial charge < -0.3 is 20.4 Å². The monoisotopic (exact) mass is 372 g/mol. The van der Waals surface area contributed by atoms with Gasteiger partial charge in [-0.05, 0) is 82.5 Å². The molecule has 0 bridgehead atoms. The Bertz CT molecular complexity index is 640. The molecule has 1 aromatic rings. The molecular weight excluding hydrogens is 340 g/mol. The molecule has 2 aliphatic heterocycles. The molecular formula is C21H32N4O2. The molecule has 2 heterocycles. The lowest BCUT2D eigenvalue weighted by Crippen LogP contribution is -2.47. The topological polar surface area (TPSA) is 64.7 Å². The molecule has 2 fully saturated rings. The number of likely N-dealkylation sites (tertiary alicyclic amines) is 1. The van der Waals surface area contributed by atoms with Gasteiger partial charge in [-0.3, -0.25) is 9.59 Å². The van der Waals surface area contributed by atoms with Gasteiger partial charge in [-0.25, -0.2) is 0 Å². The molecule has 3 rings (SSSR count). The Morgan fingerprint density at radius 2 is 2.04 bits per heavy atom. The summed E-state index contributed by atoms with van der Waals surface area (Å²) < 4.78 is 0. The summed E-state index contributed by atoms with van der Waals surface area (Å²) >= 11 is 0. The Morgan fingerprint density at radius 1 is 1.26 bits per heavy atom. The second kappa shape index (κ2) is 9.33. The number of nitrogens with one attached hydrogen (secondary N) is 2. The molecule has 2 saturated heterocycles. The van der Waals surface area contributed by atoms with Crippen LogP contribution in [0.1, 0.15) is 42.5 Å². The van der Waals surface area contributed by atoms with Crippen LogP contribution in [0.2, 0.25) is 0 Å². The van der Waals surface area contributed by atoms with Crippen molar-refractivity contribution in [2.45, 2.75) is 38.1 Å². The average molecular weight is 373 g/mol. The van der Waals surface area contributed by atoms with Gasteiger partial charge in [-0.15, -0.1) is 0 Å². The lowest BCUT2D eigenvalue weighted by molar-refractivity contribution is -0.116. The SMILES string of the molecule is CN1CCCC(N(C)C(=O)c2ccc(NC(=O)CCC3CCNC3)cc2)C1. The first kappa shape index (κ1) is 19.8. The molecule has 0 spiro atoms. The second-order valence-corrected chi connectivity index (χ2v) is 8.00. The highest BCUT2D eigenvalue weighted by atomic mass is 16.2. The van der Waals surface area contributed by atoms with Crippen LogP contribution in [-0.4, -0.2) is 67.9 Å². The molecule has 0 radical (unpaired) electrons. The van der Waals surface area contributed by atoms with Gasteiger partial charge in [0.15, 0.2) is 0 Å². The Balaban J connectivity index is 1.49. The molecule has 148 valence electrons. The van der Waals surface area contributed by atoms with Gasteiger partial charge in [-0.1, -0.05) is 0 Å². The van der Waals surface area contributed by atoms with Crippen LogP contribution >= 0.6 is 0 Å². The van der Waals surface area contributed by atoms with Crippen LogP contribution in [0.25, 0.3) is 0 Å². The van der Waals surface area contributed by atoms with Crippen molar-refractivity contribution in [3.05, 3.63) is 29.8 Å². The molecule has 27 heavy (non-hydrogen) atoms. The highest BCUT2D eigenvalue weighted by Gasteiger charge is 2.25. The lowest BCUT2D eigenvalue weighted by atomic mass is 10.0. The maximum atomic E-state index is 12.7. The van der Waals surface area contributed by atoms with E-state index >= 15 is 0 Å². The fourth-order valence-corrected chi connectivity index (χ4v) is 4.04. The molecule has 0 saturated carbocycles. The summed E-state index contributed by atoms with van der Waals surface area (Å²) in [7, 11) is 3.99. The number of piperidine rings is 1. The second-order valence-electron chi connectivity index (χ2n) is 8.00. The third kappa shape index (κ3) is 5.53. The van der Waals surface area contributed by atoms with Crippen LogP contribution < -0.4 is 10.6 Å². The van der Waals surface area contributed by atoms with E-state index in [1.54, 1.807) is 0 Å². The number of carbonyl (C=O) groups is 2. The van der Waals surface area contributed by atoms with Crippen LogP contribution in [0, 0.1) is 5.92 Å². The summed E-state index contributed by atoms with van der Waals surface area (Å²) in [6.07, 6.45) is 4.81. The first-order valence-corrected chi connectivity index (χ1v) is 10.1. The summed E-state index contributed by atoms with van der Waals surface area (Å²) in [5, 5.41) is 6.27. The van der Waals surface area contributed by atoms with Crippen LogP contribution in [0.15, 0.2) is 24.3 Å². The Labute approximate surface area is 162 Å². The van der Waals surface area contributed by atoms with E-state index in [1.807, 2.05) is 36.2 Å². The molecule has 2 N–H and O–H groups in total. The predicted octanol–water partition coefficient (Wildman–Crippen LogP) is 2.18. The fraction of sp³-hybridized carbons (Fsp3) is 0.619.